The van der Waals surface area contributed by atoms with Crippen LogP contribution in [0.3, 0.4) is 0 Å². The first kappa shape index (κ1) is 49.4. The van der Waals surface area contributed by atoms with Gasteiger partial charge in [-0.25, -0.2) is 4.98 Å². The van der Waals surface area contributed by atoms with E-state index in [1.165, 1.54) is 27.5 Å². The third kappa shape index (κ3) is 9.47. The third-order valence-electron chi connectivity index (χ3n) is 13.0. The molecule has 2 heterocycles. The van der Waals surface area contributed by atoms with Gasteiger partial charge in [-0.2, -0.15) is 0 Å². The van der Waals surface area contributed by atoms with Gasteiger partial charge in [-0.3, -0.25) is 4.98 Å². The van der Waals surface area contributed by atoms with Gasteiger partial charge in [0.25, 0.3) is 0 Å². The zero-order valence-electron chi connectivity index (χ0n) is 41.5. The van der Waals surface area contributed by atoms with Crippen LogP contribution in [0.5, 0.6) is 5.75 Å². The number of benzene rings is 6. The summed E-state index contributed by atoms with van der Waals surface area (Å²) >= 11 is 0. The number of hydrogen-bond acceptors (Lipinski definition) is 4. The number of aromatic nitrogens is 3. The van der Waals surface area contributed by atoms with Crippen LogP contribution in [0.15, 0.2) is 171 Å². The molecule has 0 unspecified atom stereocenters. The van der Waals surface area contributed by atoms with Crippen molar-refractivity contribution in [2.45, 2.75) is 85.5 Å². The monoisotopic (exact) mass is 1070 g/mol. The maximum atomic E-state index is 12.1. The van der Waals surface area contributed by atoms with E-state index in [-0.39, 0.29) is 43.1 Å². The van der Waals surface area contributed by atoms with Crippen molar-refractivity contribution in [1.82, 2.24) is 14.5 Å². The van der Waals surface area contributed by atoms with Crippen LogP contribution in [0.2, 0.25) is 0 Å². The average Bonchev–Trinajstić information content (AvgIpc) is 3.63. The smallest absolute Gasteiger partial charge is 0.143 e. The van der Waals surface area contributed by atoms with E-state index in [2.05, 4.69) is 183 Å². The molecule has 6 aromatic carbocycles. The standard InChI is InChI=1S/C62H63N4O.Pt/c1-15-39(3)66(48-23-18-17-19-24-48)40(4)49(16-2)43-31-32-63-54(35-43)44-22-20-21-41(33-44)52-37-47(61(8,9)10)38-55-58(52)64-59(65(55)14)51-28-25-45(36-56(51)67)57-50-29-27-46(60(5,6)7)34-42(50)26-30-53(57)62(11,12)13;/h15-32,34-38,67H,1-3H2,4-14H3;/q-1;/b49-40-;. The molecule has 6 heteroatoms. The van der Waals surface area contributed by atoms with Crippen LogP contribution in [0, 0.1) is 6.07 Å². The van der Waals surface area contributed by atoms with Crippen LogP contribution < -0.4 is 4.90 Å². The first-order valence-electron chi connectivity index (χ1n) is 23.1. The predicted molar refractivity (Wildman–Crippen MR) is 285 cm³/mol. The zero-order valence-corrected chi connectivity index (χ0v) is 43.7. The number of fused-ring (bicyclic) bond motifs is 2. The maximum absolute atomic E-state index is 12.1. The fourth-order valence-electron chi connectivity index (χ4n) is 9.13. The molecule has 8 rings (SSSR count). The number of aryl methyl sites for hydroxylation is 1. The summed E-state index contributed by atoms with van der Waals surface area (Å²) in [6.07, 6.45) is 5.49. The molecule has 0 saturated heterocycles. The van der Waals surface area contributed by atoms with Crippen molar-refractivity contribution in [3.05, 3.63) is 199 Å². The molecule has 0 amide bonds. The quantitative estimate of drug-likeness (QED) is 0.110. The number of imidazole rings is 1. The number of anilines is 1. The van der Waals surface area contributed by atoms with Crippen LogP contribution in [0.25, 0.3) is 72.3 Å². The molecule has 0 aliphatic rings. The zero-order chi connectivity index (χ0) is 48.2. The second-order valence-corrected chi connectivity index (χ2v) is 20.8. The van der Waals surface area contributed by atoms with Crippen molar-refractivity contribution in [3.8, 4) is 50.6 Å². The van der Waals surface area contributed by atoms with Crippen molar-refractivity contribution in [1.29, 1.82) is 0 Å². The molecule has 1 N–H and O–H groups in total. The Bertz CT molecular complexity index is 3280. The van der Waals surface area contributed by atoms with Crippen molar-refractivity contribution < 1.29 is 26.2 Å². The van der Waals surface area contributed by atoms with Gasteiger partial charge in [0.05, 0.1) is 16.6 Å². The minimum absolute atomic E-state index is 0. The van der Waals surface area contributed by atoms with Crippen molar-refractivity contribution >= 4 is 33.1 Å². The van der Waals surface area contributed by atoms with E-state index < -0.39 is 0 Å². The summed E-state index contributed by atoms with van der Waals surface area (Å²) in [6.45, 7) is 34.8. The topological polar surface area (TPSA) is 54.2 Å². The average molecular weight is 1080 g/mol. The Morgan fingerprint density at radius 3 is 2.06 bits per heavy atom. The van der Waals surface area contributed by atoms with E-state index in [4.69, 9.17) is 9.97 Å². The van der Waals surface area contributed by atoms with Gasteiger partial charge < -0.3 is 14.6 Å². The Labute approximate surface area is 418 Å². The van der Waals surface area contributed by atoms with E-state index in [1.54, 1.807) is 6.08 Å². The summed E-state index contributed by atoms with van der Waals surface area (Å²) in [7, 11) is 2.04. The second kappa shape index (κ2) is 18.9. The van der Waals surface area contributed by atoms with Crippen LogP contribution >= 0.6 is 0 Å². The van der Waals surface area contributed by atoms with Crippen molar-refractivity contribution in [2.24, 2.45) is 7.05 Å². The molecular formula is C62H63N4OPt-. The SMILES string of the molecule is C=CC(=C)N(/C(C)=C(/C=C)c1ccnc(-c2[c-]c(-c3cc(C(C)(C)C)cc4c3nc(-c3ccc(-c5c(C(C)(C)C)ccc6cc(C(C)(C)C)ccc56)cc3O)n4C)ccc2)c1)c1ccccc1.[Pt]. The number of nitrogens with zero attached hydrogens (tertiary/aromatic N) is 4. The molecule has 0 aliphatic carbocycles. The first-order valence-corrected chi connectivity index (χ1v) is 23.1. The summed E-state index contributed by atoms with van der Waals surface area (Å²) in [4.78, 5) is 12.3. The molecule has 2 aromatic heterocycles. The largest absolute Gasteiger partial charge is 0.507 e. The maximum Gasteiger partial charge on any atom is 0.143 e. The number of phenolic OH excluding ortho intramolecular Hbond substituents is 1. The molecule has 348 valence electrons. The fourth-order valence-corrected chi connectivity index (χ4v) is 9.13. The normalized spacial score (nSPS) is 12.4. The Morgan fingerprint density at radius 1 is 0.706 bits per heavy atom. The van der Waals surface area contributed by atoms with Crippen LogP contribution in [0.1, 0.15) is 91.5 Å². The number of allylic oxidation sites excluding steroid dienone is 4. The van der Waals surface area contributed by atoms with Gasteiger partial charge in [-0.15, -0.1) is 29.8 Å². The minimum atomic E-state index is -0.155. The van der Waals surface area contributed by atoms with Gasteiger partial charge in [0.1, 0.15) is 11.6 Å². The van der Waals surface area contributed by atoms with E-state index in [1.807, 2.05) is 61.8 Å². The number of aromatic hydroxyl groups is 1. The molecular weight excluding hydrogens is 1010 g/mol. The molecule has 0 fully saturated rings. The van der Waals surface area contributed by atoms with Crippen molar-refractivity contribution in [2.75, 3.05) is 4.90 Å². The van der Waals surface area contributed by atoms with E-state index >= 15 is 0 Å². The van der Waals surface area contributed by atoms with Gasteiger partial charge in [-0.1, -0.05) is 166 Å². The molecule has 0 atom stereocenters. The summed E-state index contributed by atoms with van der Waals surface area (Å²) in [5.74, 6) is 0.864. The molecule has 8 aromatic rings. The van der Waals surface area contributed by atoms with E-state index in [0.29, 0.717) is 11.4 Å². The van der Waals surface area contributed by atoms with E-state index in [9.17, 15) is 5.11 Å². The molecule has 0 radical (unpaired) electrons. The number of para-hydroxylation sites is 1. The summed E-state index contributed by atoms with van der Waals surface area (Å²) in [6, 6.07) is 46.1. The molecule has 0 aliphatic heterocycles. The molecule has 68 heavy (non-hydrogen) atoms. The minimum Gasteiger partial charge on any atom is -0.507 e. The number of phenols is 1. The Morgan fingerprint density at radius 2 is 1.41 bits per heavy atom. The summed E-state index contributed by atoms with van der Waals surface area (Å²) < 4.78 is 2.11. The van der Waals surface area contributed by atoms with Crippen LogP contribution in [-0.2, 0) is 44.4 Å². The van der Waals surface area contributed by atoms with Gasteiger partial charge in [0, 0.05) is 62.7 Å². The van der Waals surface area contributed by atoms with E-state index in [0.717, 1.165) is 72.8 Å². The number of rotatable bonds is 10. The molecule has 0 spiro atoms. The van der Waals surface area contributed by atoms with Crippen molar-refractivity contribution in [3.63, 3.8) is 0 Å². The van der Waals surface area contributed by atoms with Gasteiger partial charge in [0.2, 0.25) is 0 Å². The van der Waals surface area contributed by atoms with Gasteiger partial charge in [0.15, 0.2) is 0 Å². The fraction of sp³-hybridized carbons (Fsp3) is 0.226. The second-order valence-electron chi connectivity index (χ2n) is 20.8. The van der Waals surface area contributed by atoms with Crippen LogP contribution in [0.4, 0.5) is 5.69 Å². The van der Waals surface area contributed by atoms with Crippen LogP contribution in [-0.4, -0.2) is 19.6 Å². The number of pyridine rings is 1. The predicted octanol–water partition coefficient (Wildman–Crippen LogP) is 16.3. The number of hydrogen-bond donors (Lipinski definition) is 1. The van der Waals surface area contributed by atoms with Gasteiger partial charge in [-0.05, 0) is 110 Å². The molecule has 0 bridgehead atoms. The first-order chi connectivity index (χ1) is 31.7. The van der Waals surface area contributed by atoms with Gasteiger partial charge >= 0.3 is 0 Å². The molecule has 5 nitrogen and oxygen atoms in total. The Hall–Kier alpha value is -6.55. The Kier molecular flexibility index (Phi) is 13.7. The Balaban J connectivity index is 0.00000684. The molecule has 0 saturated carbocycles. The summed E-state index contributed by atoms with van der Waals surface area (Å²) in [5, 5.41) is 14.4. The third-order valence-corrected chi connectivity index (χ3v) is 13.0. The summed E-state index contributed by atoms with van der Waals surface area (Å²) in [5.41, 5.74) is 16.2.